The van der Waals surface area contributed by atoms with Gasteiger partial charge in [-0.25, -0.2) is 22.3 Å². The van der Waals surface area contributed by atoms with Crippen LogP contribution in [0.3, 0.4) is 0 Å². The lowest BCUT2D eigenvalue weighted by Gasteiger charge is -2.13. The topological polar surface area (TPSA) is 123 Å². The molecule has 10 heteroatoms. The summed E-state index contributed by atoms with van der Waals surface area (Å²) >= 11 is 0. The fraction of sp³-hybridized carbons (Fsp3) is 0.278. The van der Waals surface area contributed by atoms with Crippen molar-refractivity contribution >= 4 is 27.6 Å². The summed E-state index contributed by atoms with van der Waals surface area (Å²) in [5.74, 6) is -1.37. The van der Waals surface area contributed by atoms with Gasteiger partial charge in [0.05, 0.1) is 4.90 Å². The smallest absolute Gasteiger partial charge is 0.342 e. The van der Waals surface area contributed by atoms with Crippen LogP contribution in [-0.4, -0.2) is 45.3 Å². The molecule has 1 aromatic heterocycles. The Morgan fingerprint density at radius 3 is 2.46 bits per heavy atom. The molecule has 2 aromatic rings. The van der Waals surface area contributed by atoms with Crippen molar-refractivity contribution in [2.45, 2.75) is 18.7 Å². The van der Waals surface area contributed by atoms with E-state index in [1.54, 1.807) is 6.92 Å². The Morgan fingerprint density at radius 1 is 1.18 bits per heavy atom. The summed E-state index contributed by atoms with van der Waals surface area (Å²) in [7, 11) is -0.852. The third-order valence-electron chi connectivity index (χ3n) is 3.77. The maximum Gasteiger partial charge on any atom is 0.342 e. The molecular weight excluding hydrogens is 388 g/mol. The number of amides is 1. The van der Waals surface area contributed by atoms with Crippen LogP contribution in [0.5, 0.6) is 0 Å². The van der Waals surface area contributed by atoms with Crippen molar-refractivity contribution in [1.82, 2.24) is 4.31 Å². The number of ether oxygens (including phenoxy) is 1. The lowest BCUT2D eigenvalue weighted by atomic mass is 10.1. The molecule has 0 aliphatic carbocycles. The quantitative estimate of drug-likeness (QED) is 0.715. The van der Waals surface area contributed by atoms with E-state index in [1.807, 2.05) is 0 Å². The van der Waals surface area contributed by atoms with E-state index in [-0.39, 0.29) is 21.9 Å². The molecule has 0 aliphatic rings. The molecule has 0 saturated heterocycles. The van der Waals surface area contributed by atoms with Crippen molar-refractivity contribution in [3.63, 3.8) is 0 Å². The van der Waals surface area contributed by atoms with Crippen LogP contribution in [0.1, 0.15) is 21.7 Å². The monoisotopic (exact) mass is 408 g/mol. The second-order valence-electron chi connectivity index (χ2n) is 6.12. The van der Waals surface area contributed by atoms with Crippen molar-refractivity contribution in [1.29, 1.82) is 0 Å². The molecule has 0 atom stereocenters. The zero-order chi connectivity index (χ0) is 21.1. The van der Waals surface area contributed by atoms with Gasteiger partial charge in [0, 0.05) is 25.8 Å². The highest BCUT2D eigenvalue weighted by molar-refractivity contribution is 7.89. The lowest BCUT2D eigenvalue weighted by molar-refractivity contribution is -0.119. The van der Waals surface area contributed by atoms with E-state index in [2.05, 4.69) is 5.32 Å². The van der Waals surface area contributed by atoms with Gasteiger partial charge >= 0.3 is 11.6 Å². The fourth-order valence-corrected chi connectivity index (χ4v) is 3.36. The highest BCUT2D eigenvalue weighted by atomic mass is 32.2. The van der Waals surface area contributed by atoms with Crippen LogP contribution in [0.4, 0.5) is 5.69 Å². The van der Waals surface area contributed by atoms with Crippen LogP contribution in [0.15, 0.2) is 44.4 Å². The summed E-state index contributed by atoms with van der Waals surface area (Å²) in [6.07, 6.45) is 0. The largest absolute Gasteiger partial charge is 0.452 e. The van der Waals surface area contributed by atoms with Gasteiger partial charge in [-0.2, -0.15) is 0 Å². The average Bonchev–Trinajstić information content (AvgIpc) is 2.59. The number of rotatable bonds is 6. The molecule has 1 aromatic carbocycles. The summed E-state index contributed by atoms with van der Waals surface area (Å²) in [5, 5.41) is 2.47. The first-order valence-electron chi connectivity index (χ1n) is 8.13. The number of hydrogen-bond acceptors (Lipinski definition) is 7. The number of esters is 1. The molecule has 1 heterocycles. The van der Waals surface area contributed by atoms with Crippen molar-refractivity contribution < 1.29 is 27.2 Å². The second-order valence-corrected chi connectivity index (χ2v) is 8.27. The Labute approximate surface area is 162 Å². The zero-order valence-corrected chi connectivity index (χ0v) is 16.6. The molecule has 1 amide bonds. The number of carbonyl (C=O) groups is 2. The summed E-state index contributed by atoms with van der Waals surface area (Å²) in [5.41, 5.74) is 0.103. The Bertz CT molecular complexity index is 1050. The van der Waals surface area contributed by atoms with Crippen LogP contribution >= 0.6 is 0 Å². The van der Waals surface area contributed by atoms with Gasteiger partial charge in [-0.15, -0.1) is 0 Å². The first-order chi connectivity index (χ1) is 13.0. The van der Waals surface area contributed by atoms with Gasteiger partial charge < -0.3 is 14.5 Å². The molecule has 0 radical (unpaired) electrons. The molecule has 0 bridgehead atoms. The molecule has 0 fully saturated rings. The molecule has 0 spiro atoms. The van der Waals surface area contributed by atoms with Crippen LogP contribution in [0.2, 0.25) is 0 Å². The molecule has 28 heavy (non-hydrogen) atoms. The Kier molecular flexibility index (Phi) is 6.37. The lowest BCUT2D eigenvalue weighted by Crippen LogP contribution is -2.23. The minimum absolute atomic E-state index is 0.0119. The van der Waals surface area contributed by atoms with Crippen molar-refractivity contribution in [3.05, 3.63) is 57.6 Å². The summed E-state index contributed by atoms with van der Waals surface area (Å²) in [6, 6.07) is 6.85. The third-order valence-corrected chi connectivity index (χ3v) is 5.58. The number of hydrogen-bond donors (Lipinski definition) is 1. The molecule has 150 valence electrons. The molecule has 0 unspecified atom stereocenters. The molecule has 2 rings (SSSR count). The summed E-state index contributed by atoms with van der Waals surface area (Å²) < 4.78 is 35.2. The fourth-order valence-electron chi connectivity index (χ4n) is 2.41. The van der Waals surface area contributed by atoms with E-state index < -0.39 is 34.1 Å². The summed E-state index contributed by atoms with van der Waals surface area (Å²) in [6.45, 7) is 2.40. The number of carbonyl (C=O) groups excluding carboxylic acids is 2. The van der Waals surface area contributed by atoms with E-state index in [9.17, 15) is 22.8 Å². The molecule has 0 aliphatic heterocycles. The van der Waals surface area contributed by atoms with E-state index in [0.717, 1.165) is 10.4 Å². The molecule has 9 nitrogen and oxygen atoms in total. The number of anilines is 1. The van der Waals surface area contributed by atoms with Gasteiger partial charge in [0.1, 0.15) is 11.3 Å². The van der Waals surface area contributed by atoms with Crippen LogP contribution < -0.4 is 10.9 Å². The van der Waals surface area contributed by atoms with Gasteiger partial charge in [-0.05, 0) is 37.6 Å². The van der Waals surface area contributed by atoms with Crippen LogP contribution in [0, 0.1) is 13.8 Å². The van der Waals surface area contributed by atoms with Crippen LogP contribution in [-0.2, 0) is 19.6 Å². The van der Waals surface area contributed by atoms with Crippen molar-refractivity contribution in [3.8, 4) is 0 Å². The summed E-state index contributed by atoms with van der Waals surface area (Å²) in [4.78, 5) is 35.5. The van der Waals surface area contributed by atoms with Gasteiger partial charge in [0.2, 0.25) is 10.0 Å². The highest BCUT2D eigenvalue weighted by Gasteiger charge is 2.19. The molecule has 0 saturated carbocycles. The van der Waals surface area contributed by atoms with E-state index in [0.29, 0.717) is 5.56 Å². The average molecular weight is 408 g/mol. The number of nitrogens with zero attached hydrogens (tertiary/aromatic N) is 1. The molecule has 1 N–H and O–H groups in total. The van der Waals surface area contributed by atoms with E-state index >= 15 is 0 Å². The van der Waals surface area contributed by atoms with Gasteiger partial charge in [0.15, 0.2) is 6.61 Å². The normalized spacial score (nSPS) is 11.3. The molecular formula is C18H20N2O7S. The van der Waals surface area contributed by atoms with Crippen molar-refractivity contribution in [2.24, 2.45) is 0 Å². The Balaban J connectivity index is 2.06. The highest BCUT2D eigenvalue weighted by Crippen LogP contribution is 2.18. The van der Waals surface area contributed by atoms with Gasteiger partial charge in [0.25, 0.3) is 5.91 Å². The number of aryl methyl sites for hydroxylation is 2. The number of nitrogens with one attached hydrogen (secondary N) is 1. The van der Waals surface area contributed by atoms with E-state index in [4.69, 9.17) is 9.15 Å². The standard InChI is InChI=1S/C18H20N2O7S/c1-11-8-16(22)27-12(2)17(11)18(23)26-10-15(21)19-13-6-5-7-14(9-13)28(24,25)20(3)4/h5-9H,10H2,1-4H3,(H,19,21). The Morgan fingerprint density at radius 2 is 1.86 bits per heavy atom. The van der Waals surface area contributed by atoms with Gasteiger partial charge in [-0.3, -0.25) is 4.79 Å². The number of sulfonamides is 1. The SMILES string of the molecule is Cc1cc(=O)oc(C)c1C(=O)OCC(=O)Nc1cccc(S(=O)(=O)N(C)C)c1. The third kappa shape index (κ3) is 4.84. The number of benzene rings is 1. The minimum Gasteiger partial charge on any atom is -0.452 e. The van der Waals surface area contributed by atoms with E-state index in [1.165, 1.54) is 45.3 Å². The van der Waals surface area contributed by atoms with Gasteiger partial charge in [-0.1, -0.05) is 6.07 Å². The first kappa shape index (κ1) is 21.3. The predicted molar refractivity (Wildman–Crippen MR) is 101 cm³/mol. The predicted octanol–water partition coefficient (Wildman–Crippen LogP) is 1.30. The van der Waals surface area contributed by atoms with Crippen LogP contribution in [0.25, 0.3) is 0 Å². The minimum atomic E-state index is -3.65. The van der Waals surface area contributed by atoms with Crippen molar-refractivity contribution in [2.75, 3.05) is 26.0 Å². The maximum absolute atomic E-state index is 12.2. The second kappa shape index (κ2) is 8.36. The zero-order valence-electron chi connectivity index (χ0n) is 15.8. The maximum atomic E-state index is 12.2. The Hall–Kier alpha value is -2.98. The first-order valence-corrected chi connectivity index (χ1v) is 9.57.